The highest BCUT2D eigenvalue weighted by Gasteiger charge is 2.38. The van der Waals surface area contributed by atoms with Gasteiger partial charge in [0.25, 0.3) is 0 Å². The fourth-order valence-corrected chi connectivity index (χ4v) is 10.6. The first-order chi connectivity index (χ1) is 29.3. The van der Waals surface area contributed by atoms with E-state index in [1.54, 1.807) is 0 Å². The van der Waals surface area contributed by atoms with Crippen molar-refractivity contribution < 1.29 is 4.42 Å². The number of anilines is 3. The minimum absolute atomic E-state index is 0.129. The van der Waals surface area contributed by atoms with Crippen LogP contribution in [-0.4, -0.2) is 0 Å². The topological polar surface area (TPSA) is 16.4 Å². The zero-order chi connectivity index (χ0) is 40.3. The van der Waals surface area contributed by atoms with Gasteiger partial charge in [-0.05, 0) is 114 Å². The standard InChI is InChI=1S/C58H43NO/c1-57(2)50-20-12-10-18-44(50)46-29-26-40(33-52(46)57)59(41-27-30-47-45-19-11-13-21-51(45)58(3,4)53(47)34-41)42-28-31-48-49-32-39-16-8-9-17-43(39)55(56(49)60-54(48)35-42)38-24-22-37(23-25-38)36-14-6-5-7-15-36/h5-35H,1-4H3. The van der Waals surface area contributed by atoms with Crippen molar-refractivity contribution in [3.63, 3.8) is 0 Å². The molecular formula is C58H43NO. The SMILES string of the molecule is CC1(C)c2ccccc2-c2ccc(N(c3ccc4c(c3)C(C)(C)c3ccccc3-4)c3ccc4c(c3)oc3c(-c5ccc(-c6ccccc6)cc5)c5ccccc5cc34)cc21. The highest BCUT2D eigenvalue weighted by molar-refractivity contribution is 6.18. The summed E-state index contributed by atoms with van der Waals surface area (Å²) >= 11 is 0. The van der Waals surface area contributed by atoms with Crippen LogP contribution in [0, 0.1) is 0 Å². The molecule has 0 amide bonds. The van der Waals surface area contributed by atoms with E-state index in [4.69, 9.17) is 4.42 Å². The summed E-state index contributed by atoms with van der Waals surface area (Å²) in [6.45, 7) is 9.44. The Morgan fingerprint density at radius 3 is 1.52 bits per heavy atom. The van der Waals surface area contributed by atoms with Gasteiger partial charge in [-0.2, -0.15) is 0 Å². The molecule has 0 fully saturated rings. The molecule has 12 rings (SSSR count). The molecule has 0 radical (unpaired) electrons. The molecule has 0 saturated heterocycles. The Hall–Kier alpha value is -7.16. The van der Waals surface area contributed by atoms with Crippen LogP contribution in [0.3, 0.4) is 0 Å². The van der Waals surface area contributed by atoms with Crippen molar-refractivity contribution in [1.29, 1.82) is 0 Å². The molecule has 2 aliphatic carbocycles. The van der Waals surface area contributed by atoms with Gasteiger partial charge < -0.3 is 9.32 Å². The summed E-state index contributed by atoms with van der Waals surface area (Å²) in [6.07, 6.45) is 0. The van der Waals surface area contributed by atoms with Crippen LogP contribution < -0.4 is 4.90 Å². The molecule has 0 bridgehead atoms. The Labute approximate surface area is 351 Å². The van der Waals surface area contributed by atoms with Crippen LogP contribution in [0.25, 0.3) is 77.2 Å². The molecule has 0 spiro atoms. The van der Waals surface area contributed by atoms with E-state index in [1.807, 2.05) is 0 Å². The lowest BCUT2D eigenvalue weighted by molar-refractivity contribution is 0.660. The van der Waals surface area contributed by atoms with Crippen molar-refractivity contribution in [2.75, 3.05) is 4.90 Å². The Morgan fingerprint density at radius 2 is 0.867 bits per heavy atom. The van der Waals surface area contributed by atoms with Gasteiger partial charge in [0.2, 0.25) is 0 Å². The van der Waals surface area contributed by atoms with Crippen LogP contribution in [-0.2, 0) is 10.8 Å². The molecule has 0 aliphatic heterocycles. The second kappa shape index (κ2) is 12.7. The molecule has 60 heavy (non-hydrogen) atoms. The third-order valence-electron chi connectivity index (χ3n) is 13.7. The highest BCUT2D eigenvalue weighted by atomic mass is 16.3. The van der Waals surface area contributed by atoms with Gasteiger partial charge in [-0.1, -0.05) is 167 Å². The first-order valence-corrected chi connectivity index (χ1v) is 21.1. The Balaban J connectivity index is 1.05. The van der Waals surface area contributed by atoms with E-state index in [-0.39, 0.29) is 10.8 Å². The fourth-order valence-electron chi connectivity index (χ4n) is 10.6. The van der Waals surface area contributed by atoms with Gasteiger partial charge in [-0.25, -0.2) is 0 Å². The van der Waals surface area contributed by atoms with Crippen LogP contribution in [0.1, 0.15) is 49.9 Å². The number of nitrogens with zero attached hydrogens (tertiary/aromatic N) is 1. The zero-order valence-corrected chi connectivity index (χ0v) is 34.3. The van der Waals surface area contributed by atoms with Crippen LogP contribution in [0.4, 0.5) is 17.1 Å². The molecule has 286 valence electrons. The smallest absolute Gasteiger partial charge is 0.143 e. The van der Waals surface area contributed by atoms with E-state index < -0.39 is 0 Å². The molecule has 2 nitrogen and oxygen atoms in total. The number of hydrogen-bond acceptors (Lipinski definition) is 2. The molecule has 0 unspecified atom stereocenters. The van der Waals surface area contributed by atoms with Crippen molar-refractivity contribution in [3.05, 3.63) is 210 Å². The van der Waals surface area contributed by atoms with Crippen molar-refractivity contribution in [1.82, 2.24) is 0 Å². The van der Waals surface area contributed by atoms with Crippen molar-refractivity contribution in [2.24, 2.45) is 0 Å². The molecule has 1 aromatic heterocycles. The second-order valence-corrected chi connectivity index (χ2v) is 17.7. The van der Waals surface area contributed by atoms with Gasteiger partial charge in [0.15, 0.2) is 0 Å². The summed E-state index contributed by atoms with van der Waals surface area (Å²) in [5.41, 5.74) is 20.2. The van der Waals surface area contributed by atoms with E-state index in [1.165, 1.54) is 66.4 Å². The number of benzene rings is 9. The minimum atomic E-state index is -0.129. The third kappa shape index (κ3) is 5.01. The van der Waals surface area contributed by atoms with E-state index in [0.29, 0.717) is 0 Å². The molecule has 2 aliphatic rings. The maximum absolute atomic E-state index is 7.10. The quantitative estimate of drug-likeness (QED) is 0.173. The van der Waals surface area contributed by atoms with Gasteiger partial charge in [-0.15, -0.1) is 0 Å². The molecular weight excluding hydrogens is 727 g/mol. The second-order valence-electron chi connectivity index (χ2n) is 17.7. The van der Waals surface area contributed by atoms with E-state index in [9.17, 15) is 0 Å². The lowest BCUT2D eigenvalue weighted by Gasteiger charge is -2.29. The average molecular weight is 770 g/mol. The lowest BCUT2D eigenvalue weighted by Crippen LogP contribution is -2.18. The summed E-state index contributed by atoms with van der Waals surface area (Å²) in [5, 5.41) is 4.61. The van der Waals surface area contributed by atoms with Crippen LogP contribution in [0.5, 0.6) is 0 Å². The number of fused-ring (bicyclic) bond motifs is 10. The largest absolute Gasteiger partial charge is 0.455 e. The number of rotatable bonds is 5. The monoisotopic (exact) mass is 769 g/mol. The third-order valence-corrected chi connectivity index (χ3v) is 13.7. The molecule has 0 saturated carbocycles. The Bertz CT molecular complexity index is 3260. The summed E-state index contributed by atoms with van der Waals surface area (Å²) in [7, 11) is 0. The van der Waals surface area contributed by atoms with Crippen molar-refractivity contribution in [2.45, 2.75) is 38.5 Å². The van der Waals surface area contributed by atoms with Crippen LogP contribution >= 0.6 is 0 Å². The normalized spacial score (nSPS) is 14.3. The minimum Gasteiger partial charge on any atom is -0.455 e. The van der Waals surface area contributed by atoms with E-state index in [0.717, 1.165) is 50.1 Å². The summed E-state index contributed by atoms with van der Waals surface area (Å²) in [4.78, 5) is 2.44. The summed E-state index contributed by atoms with van der Waals surface area (Å²) < 4.78 is 7.10. The van der Waals surface area contributed by atoms with Crippen LogP contribution in [0.15, 0.2) is 192 Å². The van der Waals surface area contributed by atoms with Gasteiger partial charge >= 0.3 is 0 Å². The first kappa shape index (κ1) is 34.8. The predicted octanol–water partition coefficient (Wildman–Crippen LogP) is 16.2. The highest BCUT2D eigenvalue weighted by Crippen LogP contribution is 2.53. The zero-order valence-electron chi connectivity index (χ0n) is 34.3. The van der Waals surface area contributed by atoms with Gasteiger partial charge in [-0.3, -0.25) is 0 Å². The van der Waals surface area contributed by atoms with E-state index >= 15 is 0 Å². The molecule has 10 aromatic rings. The Kier molecular flexibility index (Phi) is 7.36. The van der Waals surface area contributed by atoms with Gasteiger partial charge in [0, 0.05) is 50.3 Å². The fraction of sp³-hybridized carbons (Fsp3) is 0.103. The molecule has 0 N–H and O–H groups in total. The molecule has 1 heterocycles. The first-order valence-electron chi connectivity index (χ1n) is 21.1. The molecule has 0 atom stereocenters. The number of hydrogen-bond donors (Lipinski definition) is 0. The Morgan fingerprint density at radius 1 is 0.367 bits per heavy atom. The van der Waals surface area contributed by atoms with Crippen molar-refractivity contribution in [3.8, 4) is 44.5 Å². The maximum atomic E-state index is 7.10. The van der Waals surface area contributed by atoms with Crippen LogP contribution in [0.2, 0.25) is 0 Å². The maximum Gasteiger partial charge on any atom is 0.143 e. The number of furan rings is 1. The molecule has 9 aromatic carbocycles. The summed E-state index contributed by atoms with van der Waals surface area (Å²) in [5.74, 6) is 0. The van der Waals surface area contributed by atoms with Crippen molar-refractivity contribution >= 4 is 49.8 Å². The van der Waals surface area contributed by atoms with E-state index in [2.05, 4.69) is 221 Å². The predicted molar refractivity (Wildman–Crippen MR) is 252 cm³/mol. The van der Waals surface area contributed by atoms with Gasteiger partial charge in [0.05, 0.1) is 0 Å². The van der Waals surface area contributed by atoms with Gasteiger partial charge in [0.1, 0.15) is 11.2 Å². The average Bonchev–Trinajstić information content (AvgIpc) is 3.84. The molecule has 2 heteroatoms. The lowest BCUT2D eigenvalue weighted by atomic mass is 9.82. The summed E-state index contributed by atoms with van der Waals surface area (Å²) in [6, 6.07) is 69.2.